The van der Waals surface area contributed by atoms with Crippen LogP contribution in [0.5, 0.6) is 0 Å². The van der Waals surface area contributed by atoms with E-state index in [4.69, 9.17) is 23.2 Å². The summed E-state index contributed by atoms with van der Waals surface area (Å²) in [4.78, 5) is 10.7. The Hall–Kier alpha value is -1.17. The predicted octanol–water partition coefficient (Wildman–Crippen LogP) is 2.52. The highest BCUT2D eigenvalue weighted by molar-refractivity contribution is 6.36. The lowest BCUT2D eigenvalue weighted by atomic mass is 10.2. The minimum Gasteiger partial charge on any atom is -0.459 e. The van der Waals surface area contributed by atoms with Crippen LogP contribution in [0, 0.1) is 11.8 Å². The Morgan fingerprint density at radius 1 is 1.36 bits per heavy atom. The molecule has 1 rings (SSSR count). The fourth-order valence-electron chi connectivity index (χ4n) is 0.782. The lowest BCUT2D eigenvalue weighted by molar-refractivity contribution is -0.133. The molecular formula is C10H6Cl2O2. The predicted molar refractivity (Wildman–Crippen MR) is 55.4 cm³/mol. The molecule has 0 aliphatic carbocycles. The molecule has 0 fully saturated rings. The first-order chi connectivity index (χ1) is 6.65. The van der Waals surface area contributed by atoms with Gasteiger partial charge in [0.1, 0.15) is 0 Å². The van der Waals surface area contributed by atoms with Crippen LogP contribution in [-0.4, -0.2) is 13.1 Å². The van der Waals surface area contributed by atoms with Gasteiger partial charge in [0, 0.05) is 5.92 Å². The first kappa shape index (κ1) is 10.9. The standard InChI is InChI=1S/C10H6Cl2O2/c1-14-10(13)6-5-7-8(11)3-2-4-9(7)12/h2-4H,1H3. The Balaban J connectivity index is 3.06. The van der Waals surface area contributed by atoms with Crippen LogP contribution in [0.15, 0.2) is 18.2 Å². The number of halogens is 2. The normalized spacial score (nSPS) is 8.79. The van der Waals surface area contributed by atoms with Gasteiger partial charge in [-0.1, -0.05) is 35.2 Å². The Kier molecular flexibility index (Phi) is 3.82. The summed E-state index contributed by atoms with van der Waals surface area (Å²) in [5.41, 5.74) is 0.432. The van der Waals surface area contributed by atoms with Crippen molar-refractivity contribution in [3.8, 4) is 11.8 Å². The van der Waals surface area contributed by atoms with E-state index in [9.17, 15) is 4.79 Å². The molecule has 1 aromatic carbocycles. The summed E-state index contributed by atoms with van der Waals surface area (Å²) in [7, 11) is 1.26. The molecule has 0 aliphatic heterocycles. The summed E-state index contributed by atoms with van der Waals surface area (Å²) in [5, 5.41) is 0.822. The molecule has 0 heterocycles. The first-order valence-corrected chi connectivity index (χ1v) is 4.44. The van der Waals surface area contributed by atoms with E-state index >= 15 is 0 Å². The second kappa shape index (κ2) is 4.90. The SMILES string of the molecule is COC(=O)C#Cc1c(Cl)cccc1Cl. The zero-order valence-electron chi connectivity index (χ0n) is 7.30. The minimum absolute atomic E-state index is 0.411. The average molecular weight is 229 g/mol. The molecule has 4 heteroatoms. The van der Waals surface area contributed by atoms with Crippen LogP contribution in [0.3, 0.4) is 0 Å². The largest absolute Gasteiger partial charge is 0.459 e. The molecule has 2 nitrogen and oxygen atoms in total. The number of hydrogen-bond donors (Lipinski definition) is 0. The Morgan fingerprint density at radius 3 is 2.43 bits per heavy atom. The maximum absolute atomic E-state index is 10.7. The monoisotopic (exact) mass is 228 g/mol. The molecule has 0 N–H and O–H groups in total. The maximum atomic E-state index is 10.7. The van der Waals surface area contributed by atoms with E-state index in [0.29, 0.717) is 15.6 Å². The van der Waals surface area contributed by atoms with Gasteiger partial charge in [-0.3, -0.25) is 0 Å². The molecule has 1 aromatic rings. The molecule has 0 unspecified atom stereocenters. The number of methoxy groups -OCH3 is 1. The average Bonchev–Trinajstić information content (AvgIpc) is 2.16. The molecule has 0 atom stereocenters. The summed E-state index contributed by atoms with van der Waals surface area (Å²) in [6.07, 6.45) is 0. The molecule has 0 saturated carbocycles. The zero-order valence-corrected chi connectivity index (χ0v) is 8.82. The summed E-state index contributed by atoms with van der Waals surface area (Å²) < 4.78 is 4.35. The van der Waals surface area contributed by atoms with E-state index < -0.39 is 5.97 Å². The van der Waals surface area contributed by atoms with Gasteiger partial charge in [0.25, 0.3) is 0 Å². The first-order valence-electron chi connectivity index (χ1n) is 3.69. The third kappa shape index (κ3) is 2.66. The third-order valence-corrected chi connectivity index (χ3v) is 2.07. The van der Waals surface area contributed by atoms with Crippen molar-refractivity contribution in [1.82, 2.24) is 0 Å². The fourth-order valence-corrected chi connectivity index (χ4v) is 1.27. The molecule has 72 valence electrons. The number of benzene rings is 1. The van der Waals surface area contributed by atoms with E-state index in [1.165, 1.54) is 7.11 Å². The number of hydrogen-bond acceptors (Lipinski definition) is 2. The van der Waals surface area contributed by atoms with Crippen molar-refractivity contribution in [2.24, 2.45) is 0 Å². The van der Waals surface area contributed by atoms with Gasteiger partial charge in [-0.15, -0.1) is 0 Å². The second-order valence-electron chi connectivity index (χ2n) is 2.34. The van der Waals surface area contributed by atoms with Crippen molar-refractivity contribution in [2.75, 3.05) is 7.11 Å². The van der Waals surface area contributed by atoms with Crippen molar-refractivity contribution in [2.45, 2.75) is 0 Å². The number of carbonyl (C=O) groups is 1. The number of esters is 1. The summed E-state index contributed by atoms with van der Waals surface area (Å²) >= 11 is 11.6. The lowest BCUT2D eigenvalue weighted by Crippen LogP contribution is -1.94. The van der Waals surface area contributed by atoms with Crippen LogP contribution in [0.25, 0.3) is 0 Å². The molecule has 0 aromatic heterocycles. The smallest absolute Gasteiger partial charge is 0.384 e. The Labute approximate surface area is 91.8 Å². The number of rotatable bonds is 0. The van der Waals surface area contributed by atoms with Gasteiger partial charge >= 0.3 is 5.97 Å². The number of carbonyl (C=O) groups excluding carboxylic acids is 1. The number of ether oxygens (including phenoxy) is 1. The van der Waals surface area contributed by atoms with Crippen LogP contribution >= 0.6 is 23.2 Å². The molecule has 0 bridgehead atoms. The van der Waals surface area contributed by atoms with E-state index in [-0.39, 0.29) is 0 Å². The topological polar surface area (TPSA) is 26.3 Å². The molecule has 0 aliphatic rings. The van der Waals surface area contributed by atoms with Gasteiger partial charge < -0.3 is 4.74 Å². The van der Waals surface area contributed by atoms with Gasteiger partial charge in [-0.2, -0.15) is 0 Å². The summed E-state index contributed by atoms with van der Waals surface area (Å²) in [6, 6.07) is 5.00. The quantitative estimate of drug-likeness (QED) is 0.504. The van der Waals surface area contributed by atoms with Crippen LogP contribution in [0.2, 0.25) is 10.0 Å². The highest BCUT2D eigenvalue weighted by atomic mass is 35.5. The van der Waals surface area contributed by atoms with Crippen LogP contribution < -0.4 is 0 Å². The Bertz CT molecular complexity index is 396. The van der Waals surface area contributed by atoms with Gasteiger partial charge in [-0.05, 0) is 12.1 Å². The fraction of sp³-hybridized carbons (Fsp3) is 0.100. The molecule has 0 amide bonds. The maximum Gasteiger partial charge on any atom is 0.384 e. The molecule has 0 spiro atoms. The van der Waals surface area contributed by atoms with Crippen molar-refractivity contribution in [3.63, 3.8) is 0 Å². The third-order valence-electron chi connectivity index (χ3n) is 1.44. The van der Waals surface area contributed by atoms with Gasteiger partial charge in [0.15, 0.2) is 0 Å². The van der Waals surface area contributed by atoms with E-state index in [0.717, 1.165) is 0 Å². The zero-order chi connectivity index (χ0) is 10.6. The Morgan fingerprint density at radius 2 is 1.93 bits per heavy atom. The highest BCUT2D eigenvalue weighted by Gasteiger charge is 2.01. The minimum atomic E-state index is -0.624. The van der Waals surface area contributed by atoms with Crippen molar-refractivity contribution < 1.29 is 9.53 Å². The van der Waals surface area contributed by atoms with Crippen molar-refractivity contribution in [3.05, 3.63) is 33.8 Å². The molecule has 0 saturated heterocycles. The molecule has 0 radical (unpaired) electrons. The highest BCUT2D eigenvalue weighted by Crippen LogP contribution is 2.22. The van der Waals surface area contributed by atoms with Gasteiger partial charge in [0.2, 0.25) is 0 Å². The van der Waals surface area contributed by atoms with E-state index in [1.54, 1.807) is 18.2 Å². The molecular weight excluding hydrogens is 223 g/mol. The second-order valence-corrected chi connectivity index (χ2v) is 3.15. The van der Waals surface area contributed by atoms with Crippen LogP contribution in [-0.2, 0) is 9.53 Å². The van der Waals surface area contributed by atoms with Crippen molar-refractivity contribution >= 4 is 29.2 Å². The summed E-state index contributed by atoms with van der Waals surface area (Å²) in [5.74, 6) is 4.17. The summed E-state index contributed by atoms with van der Waals surface area (Å²) in [6.45, 7) is 0. The molecule has 14 heavy (non-hydrogen) atoms. The van der Waals surface area contributed by atoms with E-state index in [2.05, 4.69) is 16.6 Å². The van der Waals surface area contributed by atoms with Gasteiger partial charge in [-0.25, -0.2) is 4.79 Å². The van der Waals surface area contributed by atoms with Crippen molar-refractivity contribution in [1.29, 1.82) is 0 Å². The lowest BCUT2D eigenvalue weighted by Gasteiger charge is -1.97. The van der Waals surface area contributed by atoms with E-state index in [1.807, 2.05) is 0 Å². The van der Waals surface area contributed by atoms with Gasteiger partial charge in [0.05, 0.1) is 22.7 Å². The van der Waals surface area contributed by atoms with Crippen LogP contribution in [0.1, 0.15) is 5.56 Å². The van der Waals surface area contributed by atoms with Crippen LogP contribution in [0.4, 0.5) is 0 Å².